The van der Waals surface area contributed by atoms with Crippen LogP contribution in [0.2, 0.25) is 0 Å². The Morgan fingerprint density at radius 1 is 1.31 bits per heavy atom. The van der Waals surface area contributed by atoms with Gasteiger partial charge in [-0.25, -0.2) is 0 Å². The van der Waals surface area contributed by atoms with E-state index in [0.29, 0.717) is 0 Å². The Kier molecular flexibility index (Phi) is 6.56. The number of hydrogen-bond acceptors (Lipinski definition) is 2. The van der Waals surface area contributed by atoms with Crippen molar-refractivity contribution in [1.82, 2.24) is 20.4 Å². The molecule has 2 N–H and O–H groups in total. The molecule has 1 aromatic heterocycles. The second kappa shape index (κ2) is 8.10. The summed E-state index contributed by atoms with van der Waals surface area (Å²) in [6.45, 7) is 4.94. The van der Waals surface area contributed by atoms with E-state index in [0.717, 1.165) is 37.6 Å². The van der Waals surface area contributed by atoms with Gasteiger partial charge in [-0.05, 0) is 31.1 Å². The van der Waals surface area contributed by atoms with Crippen molar-refractivity contribution in [2.45, 2.75) is 32.7 Å². The SMILES string of the molecule is CCCCNC(=S)NCCCn1cccn1. The summed E-state index contributed by atoms with van der Waals surface area (Å²) in [4.78, 5) is 0. The van der Waals surface area contributed by atoms with Crippen LogP contribution in [0.15, 0.2) is 18.5 Å². The maximum absolute atomic E-state index is 5.14. The zero-order chi connectivity index (χ0) is 11.6. The standard InChI is InChI=1S/C11H20N4S/c1-2-3-6-12-11(16)13-7-4-9-15-10-5-8-14-15/h5,8,10H,2-4,6-7,9H2,1H3,(H2,12,13,16). The highest BCUT2D eigenvalue weighted by atomic mass is 32.1. The largest absolute Gasteiger partial charge is 0.363 e. The Hall–Kier alpha value is -1.10. The summed E-state index contributed by atoms with van der Waals surface area (Å²) in [5, 5.41) is 11.3. The van der Waals surface area contributed by atoms with Gasteiger partial charge in [-0.1, -0.05) is 13.3 Å². The summed E-state index contributed by atoms with van der Waals surface area (Å²) in [6, 6.07) is 1.93. The molecule has 0 aliphatic rings. The van der Waals surface area contributed by atoms with E-state index in [9.17, 15) is 0 Å². The number of rotatable bonds is 7. The van der Waals surface area contributed by atoms with Crippen LogP contribution in [-0.4, -0.2) is 28.0 Å². The van der Waals surface area contributed by atoms with Crippen LogP contribution in [0.3, 0.4) is 0 Å². The lowest BCUT2D eigenvalue weighted by Gasteiger charge is -2.09. The monoisotopic (exact) mass is 240 g/mol. The number of aryl methyl sites for hydroxylation is 1. The molecule has 1 heterocycles. The van der Waals surface area contributed by atoms with Gasteiger partial charge in [0.15, 0.2) is 5.11 Å². The van der Waals surface area contributed by atoms with E-state index in [1.165, 1.54) is 6.42 Å². The number of nitrogens with zero attached hydrogens (tertiary/aromatic N) is 2. The van der Waals surface area contributed by atoms with Crippen LogP contribution in [0.4, 0.5) is 0 Å². The fourth-order valence-corrected chi connectivity index (χ4v) is 1.52. The zero-order valence-electron chi connectivity index (χ0n) is 9.78. The molecule has 0 bridgehead atoms. The minimum atomic E-state index is 0.758. The minimum absolute atomic E-state index is 0.758. The van der Waals surface area contributed by atoms with Crippen LogP contribution in [0.25, 0.3) is 0 Å². The fourth-order valence-electron chi connectivity index (χ4n) is 1.32. The topological polar surface area (TPSA) is 41.9 Å². The summed E-state index contributed by atoms with van der Waals surface area (Å²) in [5.74, 6) is 0. The van der Waals surface area contributed by atoms with Crippen molar-refractivity contribution in [3.8, 4) is 0 Å². The number of thiocarbonyl (C=S) groups is 1. The molecule has 0 aromatic carbocycles. The summed E-state index contributed by atoms with van der Waals surface area (Å²) >= 11 is 5.14. The number of unbranched alkanes of at least 4 members (excludes halogenated alkanes) is 1. The quantitative estimate of drug-likeness (QED) is 0.560. The van der Waals surface area contributed by atoms with Gasteiger partial charge < -0.3 is 10.6 Å². The predicted molar refractivity (Wildman–Crippen MR) is 70.4 cm³/mol. The van der Waals surface area contributed by atoms with Gasteiger partial charge in [-0.15, -0.1) is 0 Å². The maximum atomic E-state index is 5.14. The van der Waals surface area contributed by atoms with Gasteiger partial charge in [-0.3, -0.25) is 4.68 Å². The highest BCUT2D eigenvalue weighted by Gasteiger charge is 1.94. The number of nitrogens with one attached hydrogen (secondary N) is 2. The molecule has 0 fully saturated rings. The Morgan fingerprint density at radius 2 is 2.06 bits per heavy atom. The van der Waals surface area contributed by atoms with Gasteiger partial charge in [0.25, 0.3) is 0 Å². The van der Waals surface area contributed by atoms with Crippen molar-refractivity contribution in [2.75, 3.05) is 13.1 Å². The maximum Gasteiger partial charge on any atom is 0.166 e. The van der Waals surface area contributed by atoms with Crippen LogP contribution < -0.4 is 10.6 Å². The molecule has 0 saturated carbocycles. The fraction of sp³-hybridized carbons (Fsp3) is 0.636. The van der Waals surface area contributed by atoms with E-state index >= 15 is 0 Å². The molecule has 0 spiro atoms. The van der Waals surface area contributed by atoms with Crippen LogP contribution in [-0.2, 0) is 6.54 Å². The first kappa shape index (κ1) is 13.0. The minimum Gasteiger partial charge on any atom is -0.363 e. The molecule has 16 heavy (non-hydrogen) atoms. The Bertz CT molecular complexity index is 284. The zero-order valence-corrected chi connectivity index (χ0v) is 10.6. The van der Waals surface area contributed by atoms with E-state index in [2.05, 4.69) is 22.7 Å². The van der Waals surface area contributed by atoms with Gasteiger partial charge >= 0.3 is 0 Å². The molecule has 0 radical (unpaired) electrons. The van der Waals surface area contributed by atoms with Crippen molar-refractivity contribution in [2.24, 2.45) is 0 Å². The molecule has 5 heteroatoms. The summed E-state index contributed by atoms with van der Waals surface area (Å²) in [7, 11) is 0. The normalized spacial score (nSPS) is 10.1. The first-order chi connectivity index (χ1) is 7.83. The average molecular weight is 240 g/mol. The van der Waals surface area contributed by atoms with Crippen LogP contribution in [0, 0.1) is 0 Å². The molecule has 1 aromatic rings. The van der Waals surface area contributed by atoms with E-state index < -0.39 is 0 Å². The van der Waals surface area contributed by atoms with Crippen LogP contribution in [0.5, 0.6) is 0 Å². The van der Waals surface area contributed by atoms with Crippen molar-refractivity contribution in [3.63, 3.8) is 0 Å². The van der Waals surface area contributed by atoms with E-state index in [-0.39, 0.29) is 0 Å². The molecule has 0 aliphatic heterocycles. The highest BCUT2D eigenvalue weighted by Crippen LogP contribution is 1.88. The molecule has 0 saturated heterocycles. The van der Waals surface area contributed by atoms with Gasteiger partial charge in [0.1, 0.15) is 0 Å². The molecular weight excluding hydrogens is 220 g/mol. The molecule has 90 valence electrons. The Labute approximate surface area is 102 Å². The third kappa shape index (κ3) is 5.70. The van der Waals surface area contributed by atoms with Gasteiger partial charge in [-0.2, -0.15) is 5.10 Å². The molecule has 0 aliphatic carbocycles. The van der Waals surface area contributed by atoms with Crippen molar-refractivity contribution >= 4 is 17.3 Å². The van der Waals surface area contributed by atoms with Crippen LogP contribution in [0.1, 0.15) is 26.2 Å². The summed E-state index contributed by atoms with van der Waals surface area (Å²) in [6.07, 6.45) is 7.14. The highest BCUT2D eigenvalue weighted by molar-refractivity contribution is 7.80. The number of hydrogen-bond donors (Lipinski definition) is 2. The molecule has 0 atom stereocenters. The molecule has 0 unspecified atom stereocenters. The molecular formula is C11H20N4S. The van der Waals surface area contributed by atoms with E-state index in [1.54, 1.807) is 6.20 Å². The third-order valence-corrected chi connectivity index (χ3v) is 2.51. The van der Waals surface area contributed by atoms with Gasteiger partial charge in [0.2, 0.25) is 0 Å². The van der Waals surface area contributed by atoms with Crippen LogP contribution >= 0.6 is 12.2 Å². The van der Waals surface area contributed by atoms with E-state index in [4.69, 9.17) is 12.2 Å². The second-order valence-corrected chi connectivity index (χ2v) is 4.07. The van der Waals surface area contributed by atoms with Gasteiger partial charge in [0, 0.05) is 32.0 Å². The third-order valence-electron chi connectivity index (χ3n) is 2.22. The van der Waals surface area contributed by atoms with Crippen molar-refractivity contribution in [1.29, 1.82) is 0 Å². The average Bonchev–Trinajstić information content (AvgIpc) is 2.78. The Morgan fingerprint density at radius 3 is 2.69 bits per heavy atom. The lowest BCUT2D eigenvalue weighted by molar-refractivity contribution is 0.571. The second-order valence-electron chi connectivity index (χ2n) is 3.66. The van der Waals surface area contributed by atoms with Crippen molar-refractivity contribution < 1.29 is 0 Å². The smallest absolute Gasteiger partial charge is 0.166 e. The van der Waals surface area contributed by atoms with Gasteiger partial charge in [0.05, 0.1) is 0 Å². The Balaban J connectivity index is 1.96. The molecule has 0 amide bonds. The predicted octanol–water partition coefficient (Wildman–Crippen LogP) is 1.54. The van der Waals surface area contributed by atoms with E-state index in [1.807, 2.05) is 16.9 Å². The summed E-state index contributed by atoms with van der Waals surface area (Å²) < 4.78 is 1.93. The lowest BCUT2D eigenvalue weighted by Crippen LogP contribution is -2.36. The number of aromatic nitrogens is 2. The molecule has 4 nitrogen and oxygen atoms in total. The lowest BCUT2D eigenvalue weighted by atomic mass is 10.3. The van der Waals surface area contributed by atoms with Crippen molar-refractivity contribution in [3.05, 3.63) is 18.5 Å². The summed E-state index contributed by atoms with van der Waals surface area (Å²) in [5.41, 5.74) is 0. The first-order valence-corrected chi connectivity index (χ1v) is 6.23. The first-order valence-electron chi connectivity index (χ1n) is 5.82. The molecule has 1 rings (SSSR count).